The number of hydrogen-bond acceptors (Lipinski definition) is 9. The van der Waals surface area contributed by atoms with E-state index in [1.807, 2.05) is 19.9 Å². The summed E-state index contributed by atoms with van der Waals surface area (Å²) in [5.41, 5.74) is 0.968. The molecule has 2 aliphatic heterocycles. The molecule has 272 valence electrons. The fourth-order valence-electron chi connectivity index (χ4n) is 6.67. The summed E-state index contributed by atoms with van der Waals surface area (Å²) < 4.78 is 63.2. The van der Waals surface area contributed by atoms with E-state index in [1.165, 1.54) is 7.11 Å². The number of allylic oxidation sites excluding steroid dienone is 2. The van der Waals surface area contributed by atoms with Crippen LogP contribution >= 0.6 is 0 Å². The highest BCUT2D eigenvalue weighted by Crippen LogP contribution is 2.42. The molecule has 0 spiro atoms. The van der Waals surface area contributed by atoms with Crippen molar-refractivity contribution in [2.24, 2.45) is 17.8 Å². The number of hydrogen-bond donors (Lipinski definition) is 0. The van der Waals surface area contributed by atoms with Crippen molar-refractivity contribution in [1.29, 1.82) is 0 Å². The minimum atomic E-state index is -4.04. The molecule has 9 nitrogen and oxygen atoms in total. The lowest BCUT2D eigenvalue weighted by molar-refractivity contribution is -0.193. The Hall–Kier alpha value is -2.52. The van der Waals surface area contributed by atoms with E-state index in [2.05, 4.69) is 37.0 Å². The first-order chi connectivity index (χ1) is 23.7. The SMILES string of the molecule is CC#CCC(C)[C@@H](C=C[C@@H]1[C@@H](CC=CCCCC(=O)OC)[C@@H](OS(=O)(=O)c2ccc(C)cc2)C[C@H]1OC1CCCCO1)OC1CCCCO1. The highest BCUT2D eigenvalue weighted by molar-refractivity contribution is 7.86. The van der Waals surface area contributed by atoms with Crippen LogP contribution in [0.5, 0.6) is 0 Å². The van der Waals surface area contributed by atoms with Gasteiger partial charge in [-0.15, -0.1) is 11.8 Å². The minimum absolute atomic E-state index is 0.110. The molecule has 0 N–H and O–H groups in total. The Balaban J connectivity index is 1.63. The van der Waals surface area contributed by atoms with Gasteiger partial charge in [0.05, 0.1) is 30.3 Å². The highest BCUT2D eigenvalue weighted by Gasteiger charge is 2.46. The van der Waals surface area contributed by atoms with E-state index in [9.17, 15) is 13.2 Å². The van der Waals surface area contributed by atoms with E-state index in [-0.39, 0.29) is 53.4 Å². The Morgan fingerprint density at radius 3 is 2.39 bits per heavy atom. The topological polar surface area (TPSA) is 107 Å². The number of ether oxygens (including phenoxy) is 5. The number of rotatable bonds is 17. The Bertz CT molecular complexity index is 1370. The molecule has 0 amide bonds. The van der Waals surface area contributed by atoms with Gasteiger partial charge in [0.2, 0.25) is 0 Å². The van der Waals surface area contributed by atoms with Crippen LogP contribution in [0.25, 0.3) is 0 Å². The standard InChI is InChI=1S/C39H56O9S/c1-5-6-15-30(3)34(46-38-18-11-13-26-44-38)25-24-33-32(16-9-7-8-10-17-37(40)43-4)36(28-35(33)47-39-19-12-14-27-45-39)48-49(41,42)31-22-20-29(2)21-23-31/h7,9,20-25,30,32-36,38-39H,8,10-19,26-28H2,1-4H3/t30?,32-,33-,34-,35-,36+,38?,39?/m1/s1. The second-order valence-electron chi connectivity index (χ2n) is 13.4. The summed E-state index contributed by atoms with van der Waals surface area (Å²) in [6, 6.07) is 6.73. The quantitative estimate of drug-likeness (QED) is 0.0540. The van der Waals surface area contributed by atoms with Gasteiger partial charge in [0, 0.05) is 38.4 Å². The van der Waals surface area contributed by atoms with E-state index in [0.717, 1.165) is 44.1 Å². The summed E-state index contributed by atoms with van der Waals surface area (Å²) in [6.45, 7) is 7.22. The second kappa shape index (κ2) is 20.4. The highest BCUT2D eigenvalue weighted by atomic mass is 32.2. The van der Waals surface area contributed by atoms with Crippen molar-refractivity contribution in [1.82, 2.24) is 0 Å². The van der Waals surface area contributed by atoms with Crippen LogP contribution in [0.2, 0.25) is 0 Å². The molecule has 0 radical (unpaired) electrons. The van der Waals surface area contributed by atoms with Crippen molar-refractivity contribution in [3.8, 4) is 11.8 Å². The molecule has 1 aliphatic carbocycles. The van der Waals surface area contributed by atoms with E-state index < -0.39 is 16.2 Å². The second-order valence-corrected chi connectivity index (χ2v) is 15.0. The molecule has 0 bridgehead atoms. The van der Waals surface area contributed by atoms with Crippen LogP contribution in [0.3, 0.4) is 0 Å². The van der Waals surface area contributed by atoms with Crippen LogP contribution in [0.1, 0.15) is 96.5 Å². The van der Waals surface area contributed by atoms with Crippen LogP contribution in [0.4, 0.5) is 0 Å². The monoisotopic (exact) mass is 700 g/mol. The Morgan fingerprint density at radius 1 is 1.02 bits per heavy atom. The van der Waals surface area contributed by atoms with Crippen LogP contribution in [-0.2, 0) is 42.8 Å². The van der Waals surface area contributed by atoms with Crippen molar-refractivity contribution in [2.45, 2.75) is 134 Å². The lowest BCUT2D eigenvalue weighted by Gasteiger charge is -2.31. The van der Waals surface area contributed by atoms with Crippen molar-refractivity contribution in [3.05, 3.63) is 54.1 Å². The smallest absolute Gasteiger partial charge is 0.305 e. The van der Waals surface area contributed by atoms with Gasteiger partial charge in [-0.2, -0.15) is 8.42 Å². The molecule has 0 aromatic heterocycles. The summed E-state index contributed by atoms with van der Waals surface area (Å²) in [4.78, 5) is 11.7. The molecule has 2 saturated heterocycles. The third kappa shape index (κ3) is 12.6. The summed E-state index contributed by atoms with van der Waals surface area (Å²) in [5.74, 6) is 5.70. The predicted octanol–water partition coefficient (Wildman–Crippen LogP) is 7.42. The zero-order chi connectivity index (χ0) is 35.1. The number of carbonyl (C=O) groups is 1. The number of unbranched alkanes of at least 4 members (excludes halogenated alkanes) is 1. The first-order valence-corrected chi connectivity index (χ1v) is 19.4. The number of methoxy groups -OCH3 is 1. The number of aryl methyl sites for hydroxylation is 1. The molecule has 4 rings (SSSR count). The number of esters is 1. The molecule has 49 heavy (non-hydrogen) atoms. The van der Waals surface area contributed by atoms with Crippen molar-refractivity contribution >= 4 is 16.1 Å². The van der Waals surface area contributed by atoms with Gasteiger partial charge in [-0.1, -0.05) is 48.9 Å². The first kappa shape index (κ1) is 39.3. The predicted molar refractivity (Wildman–Crippen MR) is 188 cm³/mol. The van der Waals surface area contributed by atoms with Crippen LogP contribution in [0, 0.1) is 36.5 Å². The van der Waals surface area contributed by atoms with Gasteiger partial charge in [-0.25, -0.2) is 0 Å². The van der Waals surface area contributed by atoms with E-state index in [0.29, 0.717) is 51.7 Å². The molecule has 1 saturated carbocycles. The Labute approximate surface area is 294 Å². The molecule has 3 fully saturated rings. The molecule has 3 unspecified atom stereocenters. The molecule has 8 atom stereocenters. The molecule has 2 heterocycles. The number of benzene rings is 1. The normalized spacial score (nSPS) is 27.5. The molecule has 1 aromatic carbocycles. The zero-order valence-electron chi connectivity index (χ0n) is 29.7. The molecular weight excluding hydrogens is 644 g/mol. The van der Waals surface area contributed by atoms with E-state index in [4.69, 9.17) is 27.9 Å². The van der Waals surface area contributed by atoms with Crippen LogP contribution in [0.15, 0.2) is 53.5 Å². The largest absolute Gasteiger partial charge is 0.469 e. The maximum absolute atomic E-state index is 13.6. The van der Waals surface area contributed by atoms with Gasteiger partial charge < -0.3 is 23.7 Å². The summed E-state index contributed by atoms with van der Waals surface area (Å²) in [5, 5.41) is 0. The van der Waals surface area contributed by atoms with Gasteiger partial charge in [-0.3, -0.25) is 8.98 Å². The summed E-state index contributed by atoms with van der Waals surface area (Å²) >= 11 is 0. The third-order valence-corrected chi connectivity index (χ3v) is 10.9. The van der Waals surface area contributed by atoms with Crippen molar-refractivity contribution in [2.75, 3.05) is 20.3 Å². The van der Waals surface area contributed by atoms with Crippen LogP contribution in [-0.4, -0.2) is 65.6 Å². The van der Waals surface area contributed by atoms with Crippen molar-refractivity contribution < 1.29 is 41.1 Å². The third-order valence-electron chi connectivity index (χ3n) is 9.58. The maximum atomic E-state index is 13.6. The molecule has 3 aliphatic rings. The Morgan fingerprint density at radius 2 is 1.73 bits per heavy atom. The lowest BCUT2D eigenvalue weighted by atomic mass is 9.88. The maximum Gasteiger partial charge on any atom is 0.305 e. The zero-order valence-corrected chi connectivity index (χ0v) is 30.5. The van der Waals surface area contributed by atoms with E-state index in [1.54, 1.807) is 24.3 Å². The fourth-order valence-corrected chi connectivity index (χ4v) is 7.80. The first-order valence-electron chi connectivity index (χ1n) is 18.0. The number of carbonyl (C=O) groups excluding carboxylic acids is 1. The van der Waals surface area contributed by atoms with Gasteiger partial charge >= 0.3 is 5.97 Å². The summed E-state index contributed by atoms with van der Waals surface area (Å²) in [7, 11) is -2.65. The molecular formula is C39H56O9S. The average Bonchev–Trinajstić information content (AvgIpc) is 3.41. The van der Waals surface area contributed by atoms with Crippen molar-refractivity contribution in [3.63, 3.8) is 0 Å². The van der Waals surface area contributed by atoms with Gasteiger partial charge in [0.15, 0.2) is 12.6 Å². The molecule has 1 aromatic rings. The van der Waals surface area contributed by atoms with Gasteiger partial charge in [0.25, 0.3) is 10.1 Å². The molecule has 10 heteroatoms. The average molecular weight is 701 g/mol. The fraction of sp³-hybridized carbons (Fsp3) is 0.667. The van der Waals surface area contributed by atoms with Gasteiger partial charge in [0.1, 0.15) is 0 Å². The minimum Gasteiger partial charge on any atom is -0.469 e. The van der Waals surface area contributed by atoms with Gasteiger partial charge in [-0.05, 0) is 95.6 Å². The van der Waals surface area contributed by atoms with Crippen LogP contribution < -0.4 is 0 Å². The Kier molecular flexibility index (Phi) is 16.3. The van der Waals surface area contributed by atoms with E-state index >= 15 is 0 Å². The lowest BCUT2D eigenvalue weighted by Crippen LogP contribution is -2.32. The summed E-state index contributed by atoms with van der Waals surface area (Å²) in [6.07, 6.45) is 15.7.